The molecule has 0 bridgehead atoms. The molecule has 0 spiro atoms. The number of halogens is 3. The van der Waals surface area contributed by atoms with Gasteiger partial charge in [0.05, 0.1) is 6.42 Å². The number of alkyl halides is 1. The molecule has 1 aromatic rings. The van der Waals surface area contributed by atoms with Gasteiger partial charge in [0.15, 0.2) is 0 Å². The van der Waals surface area contributed by atoms with Gasteiger partial charge in [-0.3, -0.25) is 4.79 Å². The third-order valence-electron chi connectivity index (χ3n) is 3.76. The van der Waals surface area contributed by atoms with Crippen LogP contribution in [-0.4, -0.2) is 17.3 Å². The van der Waals surface area contributed by atoms with E-state index in [4.69, 9.17) is 11.6 Å². The highest BCUT2D eigenvalue weighted by atomic mass is 79.9. The minimum Gasteiger partial charge on any atom is -0.356 e. The fraction of sp³-hybridized carbons (Fsp3) is 0.533. The molecular weight excluding hydrogens is 345 g/mol. The molecule has 0 aromatic heterocycles. The summed E-state index contributed by atoms with van der Waals surface area (Å²) in [4.78, 5) is 12.5. The summed E-state index contributed by atoms with van der Waals surface area (Å²) >= 11 is 9.53. The van der Waals surface area contributed by atoms with Gasteiger partial charge < -0.3 is 5.32 Å². The number of hydrogen-bond donors (Lipinski definition) is 1. The molecule has 110 valence electrons. The summed E-state index contributed by atoms with van der Waals surface area (Å²) in [6, 6.07) is 4.47. The van der Waals surface area contributed by atoms with E-state index in [1.807, 2.05) is 0 Å². The molecule has 1 aliphatic rings. The van der Waals surface area contributed by atoms with Crippen molar-refractivity contribution in [2.24, 2.45) is 5.92 Å². The summed E-state index contributed by atoms with van der Waals surface area (Å²) in [6.45, 7) is 0.671. The maximum absolute atomic E-state index is 13.6. The Morgan fingerprint density at radius 2 is 2.05 bits per heavy atom. The summed E-state index contributed by atoms with van der Waals surface area (Å²) in [7, 11) is 0. The van der Waals surface area contributed by atoms with Crippen molar-refractivity contribution in [3.8, 4) is 0 Å². The second-order valence-corrected chi connectivity index (χ2v) is 7.00. The maximum Gasteiger partial charge on any atom is 0.224 e. The SMILES string of the molecule is O=C(Cc1c(F)cccc1Cl)NCC1CCC(Br)CC1. The van der Waals surface area contributed by atoms with Gasteiger partial charge in [-0.05, 0) is 43.7 Å². The summed E-state index contributed by atoms with van der Waals surface area (Å²) in [5.74, 6) is -0.0609. The fourth-order valence-corrected chi connectivity index (χ4v) is 3.27. The van der Waals surface area contributed by atoms with Crippen LogP contribution in [0.1, 0.15) is 31.2 Å². The molecule has 5 heteroatoms. The van der Waals surface area contributed by atoms with Gasteiger partial charge in [0.1, 0.15) is 5.82 Å². The van der Waals surface area contributed by atoms with Crippen molar-refractivity contribution in [3.05, 3.63) is 34.6 Å². The van der Waals surface area contributed by atoms with Gasteiger partial charge in [-0.15, -0.1) is 0 Å². The highest BCUT2D eigenvalue weighted by molar-refractivity contribution is 9.09. The molecule has 0 heterocycles. The number of amides is 1. The molecule has 0 aliphatic heterocycles. The Hall–Kier alpha value is -0.610. The van der Waals surface area contributed by atoms with Crippen LogP contribution in [0.2, 0.25) is 5.02 Å². The van der Waals surface area contributed by atoms with Gasteiger partial charge in [0.25, 0.3) is 0 Å². The first-order valence-electron chi connectivity index (χ1n) is 6.90. The van der Waals surface area contributed by atoms with Crippen molar-refractivity contribution in [2.45, 2.75) is 36.9 Å². The van der Waals surface area contributed by atoms with Crippen LogP contribution in [0.3, 0.4) is 0 Å². The van der Waals surface area contributed by atoms with Crippen molar-refractivity contribution in [1.29, 1.82) is 0 Å². The smallest absolute Gasteiger partial charge is 0.224 e. The zero-order valence-electron chi connectivity index (χ0n) is 11.2. The highest BCUT2D eigenvalue weighted by Crippen LogP contribution is 2.28. The lowest BCUT2D eigenvalue weighted by Crippen LogP contribution is -2.32. The van der Waals surface area contributed by atoms with Gasteiger partial charge in [-0.25, -0.2) is 4.39 Å². The van der Waals surface area contributed by atoms with Crippen LogP contribution in [0.25, 0.3) is 0 Å². The standard InChI is InChI=1S/C15H18BrClFNO/c16-11-6-4-10(5-7-11)9-19-15(20)8-12-13(17)2-1-3-14(12)18/h1-3,10-11H,4-9H2,(H,19,20). The number of carbonyl (C=O) groups is 1. The molecular formula is C15H18BrClFNO. The van der Waals surface area contributed by atoms with E-state index in [-0.39, 0.29) is 17.9 Å². The van der Waals surface area contributed by atoms with Crippen LogP contribution in [-0.2, 0) is 11.2 Å². The van der Waals surface area contributed by atoms with Crippen LogP contribution < -0.4 is 5.32 Å². The number of carbonyl (C=O) groups excluding carboxylic acids is 1. The van der Waals surface area contributed by atoms with E-state index in [1.54, 1.807) is 6.07 Å². The zero-order valence-corrected chi connectivity index (χ0v) is 13.5. The Kier molecular flexibility index (Phi) is 5.85. The molecule has 1 fully saturated rings. The lowest BCUT2D eigenvalue weighted by Gasteiger charge is -2.25. The van der Waals surface area contributed by atoms with Crippen LogP contribution >= 0.6 is 27.5 Å². The van der Waals surface area contributed by atoms with Crippen LogP contribution in [0.15, 0.2) is 18.2 Å². The summed E-state index contributed by atoms with van der Waals surface area (Å²) in [5, 5.41) is 3.20. The first-order chi connectivity index (χ1) is 9.56. The fourth-order valence-electron chi connectivity index (χ4n) is 2.51. The quantitative estimate of drug-likeness (QED) is 0.803. The lowest BCUT2D eigenvalue weighted by molar-refractivity contribution is -0.120. The van der Waals surface area contributed by atoms with Crippen molar-refractivity contribution < 1.29 is 9.18 Å². The van der Waals surface area contributed by atoms with E-state index in [9.17, 15) is 9.18 Å². The number of benzene rings is 1. The Morgan fingerprint density at radius 1 is 1.35 bits per heavy atom. The van der Waals surface area contributed by atoms with E-state index in [0.29, 0.717) is 22.3 Å². The largest absolute Gasteiger partial charge is 0.356 e. The maximum atomic E-state index is 13.6. The number of nitrogens with one attached hydrogen (secondary N) is 1. The zero-order chi connectivity index (χ0) is 14.5. The molecule has 1 saturated carbocycles. The summed E-state index contributed by atoms with van der Waals surface area (Å²) in [6.07, 6.45) is 4.55. The third kappa shape index (κ3) is 4.45. The molecule has 1 aliphatic carbocycles. The molecule has 1 amide bonds. The minimum absolute atomic E-state index is 0.000698. The van der Waals surface area contributed by atoms with E-state index >= 15 is 0 Å². The topological polar surface area (TPSA) is 29.1 Å². The first kappa shape index (κ1) is 15.8. The number of hydrogen-bond acceptors (Lipinski definition) is 1. The van der Waals surface area contributed by atoms with E-state index < -0.39 is 5.82 Å². The van der Waals surface area contributed by atoms with Gasteiger partial charge in [0, 0.05) is 22.0 Å². The van der Waals surface area contributed by atoms with Gasteiger partial charge in [-0.2, -0.15) is 0 Å². The Bertz CT molecular complexity index is 455. The monoisotopic (exact) mass is 361 g/mol. The normalized spacial score (nSPS) is 22.6. The van der Waals surface area contributed by atoms with Crippen LogP contribution in [0, 0.1) is 11.7 Å². The molecule has 2 rings (SSSR count). The van der Waals surface area contributed by atoms with Crippen molar-refractivity contribution in [1.82, 2.24) is 5.32 Å². The van der Waals surface area contributed by atoms with Gasteiger partial charge >= 0.3 is 0 Å². The van der Waals surface area contributed by atoms with Crippen molar-refractivity contribution >= 4 is 33.4 Å². The number of rotatable bonds is 4. The minimum atomic E-state index is -0.424. The predicted molar refractivity (Wildman–Crippen MR) is 82.8 cm³/mol. The highest BCUT2D eigenvalue weighted by Gasteiger charge is 2.20. The molecule has 0 radical (unpaired) electrons. The van der Waals surface area contributed by atoms with Crippen molar-refractivity contribution in [2.75, 3.05) is 6.54 Å². The molecule has 0 saturated heterocycles. The first-order valence-corrected chi connectivity index (χ1v) is 8.19. The van der Waals surface area contributed by atoms with Gasteiger partial charge in [-0.1, -0.05) is 33.6 Å². The summed E-state index contributed by atoms with van der Waals surface area (Å²) in [5.41, 5.74) is 0.274. The van der Waals surface area contributed by atoms with Gasteiger partial charge in [0.2, 0.25) is 5.91 Å². The molecule has 20 heavy (non-hydrogen) atoms. The Balaban J connectivity index is 1.81. The molecule has 0 atom stereocenters. The average molecular weight is 363 g/mol. The second kappa shape index (κ2) is 7.41. The Morgan fingerprint density at radius 3 is 2.70 bits per heavy atom. The molecule has 1 aromatic carbocycles. The summed E-state index contributed by atoms with van der Waals surface area (Å²) < 4.78 is 13.6. The van der Waals surface area contributed by atoms with E-state index in [0.717, 1.165) is 25.7 Å². The second-order valence-electron chi connectivity index (χ2n) is 5.30. The van der Waals surface area contributed by atoms with Crippen molar-refractivity contribution in [3.63, 3.8) is 0 Å². The van der Waals surface area contributed by atoms with Crippen LogP contribution in [0.4, 0.5) is 4.39 Å². The average Bonchev–Trinajstić information content (AvgIpc) is 2.42. The molecule has 2 nitrogen and oxygen atoms in total. The molecule has 0 unspecified atom stereocenters. The van der Waals surface area contributed by atoms with E-state index in [1.165, 1.54) is 12.1 Å². The predicted octanol–water partition coefficient (Wildman–Crippen LogP) is 4.09. The van der Waals surface area contributed by atoms with Crippen LogP contribution in [0.5, 0.6) is 0 Å². The Labute approximate surface area is 132 Å². The lowest BCUT2D eigenvalue weighted by atomic mass is 9.89. The van der Waals surface area contributed by atoms with E-state index in [2.05, 4.69) is 21.2 Å². The third-order valence-corrected chi connectivity index (χ3v) is 5.03. The molecule has 1 N–H and O–H groups in total.